The van der Waals surface area contributed by atoms with E-state index in [1.165, 1.54) is 11.8 Å². The predicted octanol–water partition coefficient (Wildman–Crippen LogP) is 2.97. The van der Waals surface area contributed by atoms with Crippen LogP contribution in [0.5, 0.6) is 17.2 Å². The highest BCUT2D eigenvalue weighted by Gasteiger charge is 2.24. The van der Waals surface area contributed by atoms with Gasteiger partial charge in [0, 0.05) is 23.3 Å². The lowest BCUT2D eigenvalue weighted by atomic mass is 9.89. The van der Waals surface area contributed by atoms with Crippen molar-refractivity contribution in [3.8, 4) is 28.5 Å². The molecule has 2 aromatic carbocycles. The number of hydrogen-bond donors (Lipinski definition) is 2. The highest BCUT2D eigenvalue weighted by molar-refractivity contribution is 5.97. The number of H-pyrrole nitrogens is 1. The molecule has 0 saturated heterocycles. The quantitative estimate of drug-likeness (QED) is 0.485. The number of ether oxygens (including phenoxy) is 3. The van der Waals surface area contributed by atoms with E-state index in [1.54, 1.807) is 33.5 Å². The first kappa shape index (κ1) is 19.5. The number of methoxy groups -OCH3 is 3. The molecule has 2 N–H and O–H groups in total. The number of aryl methyl sites for hydroxylation is 1. The highest BCUT2D eigenvalue weighted by atomic mass is 16.5. The van der Waals surface area contributed by atoms with Crippen LogP contribution in [0.2, 0.25) is 0 Å². The fourth-order valence-corrected chi connectivity index (χ4v) is 3.62. The predicted molar refractivity (Wildman–Crippen MR) is 113 cm³/mol. The molecule has 1 heterocycles. The van der Waals surface area contributed by atoms with Crippen LogP contribution < -0.4 is 19.6 Å². The molecule has 30 heavy (non-hydrogen) atoms. The van der Waals surface area contributed by atoms with Gasteiger partial charge in [-0.05, 0) is 18.4 Å². The van der Waals surface area contributed by atoms with E-state index in [0.717, 1.165) is 29.7 Å². The van der Waals surface area contributed by atoms with Gasteiger partial charge in [-0.25, -0.2) is 5.43 Å². The Labute approximate surface area is 173 Å². The third-order valence-corrected chi connectivity index (χ3v) is 5.12. The smallest absolute Gasteiger partial charge is 0.289 e. The first-order chi connectivity index (χ1) is 14.7. The highest BCUT2D eigenvalue weighted by Crippen LogP contribution is 2.34. The molecule has 0 aliphatic heterocycles. The second-order valence-electron chi connectivity index (χ2n) is 6.73. The van der Waals surface area contributed by atoms with Crippen molar-refractivity contribution in [1.82, 2.24) is 15.6 Å². The van der Waals surface area contributed by atoms with Crippen molar-refractivity contribution < 1.29 is 19.0 Å². The monoisotopic (exact) mass is 406 g/mol. The van der Waals surface area contributed by atoms with E-state index in [-0.39, 0.29) is 5.91 Å². The summed E-state index contributed by atoms with van der Waals surface area (Å²) in [6.07, 6.45) is 3.09. The molecule has 3 aromatic rings. The molecule has 0 saturated carbocycles. The number of nitrogens with zero attached hydrogens (tertiary/aromatic N) is 2. The van der Waals surface area contributed by atoms with Crippen molar-refractivity contribution in [2.75, 3.05) is 21.3 Å². The Morgan fingerprint density at radius 3 is 2.53 bits per heavy atom. The van der Waals surface area contributed by atoms with Crippen molar-refractivity contribution in [1.29, 1.82) is 0 Å². The number of benzene rings is 2. The average Bonchev–Trinajstić information content (AvgIpc) is 3.23. The van der Waals surface area contributed by atoms with E-state index in [0.29, 0.717) is 28.5 Å². The SMILES string of the molecule is COc1cc(OC)c(C=NNC(=O)c2[nH]nc3c2CCc2ccccc2-3)c(OC)c1. The Morgan fingerprint density at radius 1 is 1.10 bits per heavy atom. The molecular formula is C22H22N4O4. The molecule has 0 atom stereocenters. The van der Waals surface area contributed by atoms with Crippen LogP contribution in [0.1, 0.15) is 27.2 Å². The summed E-state index contributed by atoms with van der Waals surface area (Å²) in [5, 5.41) is 11.3. The van der Waals surface area contributed by atoms with Gasteiger partial charge in [0.15, 0.2) is 0 Å². The van der Waals surface area contributed by atoms with Gasteiger partial charge in [-0.15, -0.1) is 0 Å². The van der Waals surface area contributed by atoms with E-state index in [1.807, 2.05) is 18.2 Å². The number of carbonyl (C=O) groups excluding carboxylic acids is 1. The lowest BCUT2D eigenvalue weighted by Gasteiger charge is -2.15. The number of aromatic amines is 1. The zero-order valence-corrected chi connectivity index (χ0v) is 17.0. The zero-order valence-electron chi connectivity index (χ0n) is 17.0. The van der Waals surface area contributed by atoms with Gasteiger partial charge in [-0.3, -0.25) is 9.89 Å². The molecule has 1 aliphatic carbocycles. The molecule has 8 nitrogen and oxygen atoms in total. The maximum absolute atomic E-state index is 12.7. The third kappa shape index (κ3) is 3.47. The van der Waals surface area contributed by atoms with Crippen molar-refractivity contribution in [3.63, 3.8) is 0 Å². The van der Waals surface area contributed by atoms with E-state index in [2.05, 4.69) is 26.8 Å². The molecule has 8 heteroatoms. The van der Waals surface area contributed by atoms with Gasteiger partial charge < -0.3 is 14.2 Å². The van der Waals surface area contributed by atoms with Gasteiger partial charge in [0.25, 0.3) is 5.91 Å². The molecule has 4 rings (SSSR count). The zero-order chi connectivity index (χ0) is 21.1. The number of aromatic nitrogens is 2. The van der Waals surface area contributed by atoms with Gasteiger partial charge in [0.1, 0.15) is 22.9 Å². The van der Waals surface area contributed by atoms with Crippen LogP contribution >= 0.6 is 0 Å². The minimum atomic E-state index is -0.356. The Kier molecular flexibility index (Phi) is 5.38. The fourth-order valence-electron chi connectivity index (χ4n) is 3.62. The second-order valence-corrected chi connectivity index (χ2v) is 6.73. The Balaban J connectivity index is 1.56. The number of hydrogen-bond acceptors (Lipinski definition) is 6. The number of fused-ring (bicyclic) bond motifs is 3. The maximum atomic E-state index is 12.7. The van der Waals surface area contributed by atoms with Crippen LogP contribution in [0.4, 0.5) is 0 Å². The van der Waals surface area contributed by atoms with E-state index >= 15 is 0 Å². The van der Waals surface area contributed by atoms with Gasteiger partial charge in [-0.2, -0.15) is 10.2 Å². The Hall–Kier alpha value is -3.81. The van der Waals surface area contributed by atoms with E-state index in [9.17, 15) is 4.79 Å². The van der Waals surface area contributed by atoms with Crippen LogP contribution in [0.25, 0.3) is 11.3 Å². The standard InChI is InChI=1S/C22H22N4O4/c1-28-14-10-18(29-2)17(19(11-14)30-3)12-23-26-22(27)21-16-9-8-13-6-4-5-7-15(13)20(16)24-25-21/h4-7,10-12H,8-9H2,1-3H3,(H,24,25)(H,26,27). The minimum absolute atomic E-state index is 0.356. The normalized spacial score (nSPS) is 12.2. The van der Waals surface area contributed by atoms with Crippen molar-refractivity contribution in [3.05, 3.63) is 58.8 Å². The van der Waals surface area contributed by atoms with E-state index < -0.39 is 0 Å². The van der Waals surface area contributed by atoms with Crippen molar-refractivity contribution in [2.45, 2.75) is 12.8 Å². The molecular weight excluding hydrogens is 384 g/mol. The summed E-state index contributed by atoms with van der Waals surface area (Å²) in [6, 6.07) is 11.5. The summed E-state index contributed by atoms with van der Waals surface area (Å²) in [7, 11) is 4.64. The molecule has 0 fully saturated rings. The van der Waals surface area contributed by atoms with Crippen molar-refractivity contribution in [2.24, 2.45) is 5.10 Å². The minimum Gasteiger partial charge on any atom is -0.496 e. The molecule has 0 spiro atoms. The molecule has 154 valence electrons. The van der Waals surface area contributed by atoms with Crippen LogP contribution in [-0.4, -0.2) is 43.6 Å². The summed E-state index contributed by atoms with van der Waals surface area (Å²) in [5.41, 5.74) is 7.59. The number of carbonyl (C=O) groups is 1. The van der Waals surface area contributed by atoms with Gasteiger partial charge >= 0.3 is 0 Å². The summed E-state index contributed by atoms with van der Waals surface area (Å²) in [4.78, 5) is 12.7. The summed E-state index contributed by atoms with van der Waals surface area (Å²) < 4.78 is 16.0. The fraction of sp³-hybridized carbons (Fsp3) is 0.227. The topological polar surface area (TPSA) is 97.8 Å². The first-order valence-corrected chi connectivity index (χ1v) is 9.45. The van der Waals surface area contributed by atoms with Crippen molar-refractivity contribution >= 4 is 12.1 Å². The van der Waals surface area contributed by atoms with Gasteiger partial charge in [-0.1, -0.05) is 24.3 Å². The third-order valence-electron chi connectivity index (χ3n) is 5.12. The largest absolute Gasteiger partial charge is 0.496 e. The molecule has 0 unspecified atom stereocenters. The molecule has 0 bridgehead atoms. The Bertz CT molecular complexity index is 1100. The van der Waals surface area contributed by atoms with Crippen LogP contribution in [0, 0.1) is 0 Å². The summed E-state index contributed by atoms with van der Waals surface area (Å²) in [6.45, 7) is 0. The van der Waals surface area contributed by atoms with Crippen LogP contribution in [0.3, 0.4) is 0 Å². The van der Waals surface area contributed by atoms with Crippen LogP contribution in [-0.2, 0) is 12.8 Å². The first-order valence-electron chi connectivity index (χ1n) is 9.45. The lowest BCUT2D eigenvalue weighted by Crippen LogP contribution is -2.20. The number of amides is 1. The molecule has 0 radical (unpaired) electrons. The van der Waals surface area contributed by atoms with Crippen LogP contribution in [0.15, 0.2) is 41.5 Å². The second kappa shape index (κ2) is 8.28. The molecule has 1 aromatic heterocycles. The lowest BCUT2D eigenvalue weighted by molar-refractivity contribution is 0.0949. The molecule has 1 aliphatic rings. The maximum Gasteiger partial charge on any atom is 0.289 e. The van der Waals surface area contributed by atoms with E-state index in [4.69, 9.17) is 14.2 Å². The number of nitrogens with one attached hydrogen (secondary N) is 2. The average molecular weight is 406 g/mol. The molecule has 1 amide bonds. The number of hydrazone groups is 1. The number of rotatable bonds is 6. The van der Waals surface area contributed by atoms with Gasteiger partial charge in [0.05, 0.1) is 38.8 Å². The van der Waals surface area contributed by atoms with Gasteiger partial charge in [0.2, 0.25) is 0 Å². The summed E-state index contributed by atoms with van der Waals surface area (Å²) in [5.74, 6) is 1.26. The summed E-state index contributed by atoms with van der Waals surface area (Å²) >= 11 is 0. The Morgan fingerprint density at radius 2 is 1.83 bits per heavy atom.